The molecule has 0 aliphatic heterocycles. The molecule has 1 aliphatic rings. The highest BCUT2D eigenvalue weighted by molar-refractivity contribution is 5.84. The largest absolute Gasteiger partial charge is 0.311 e. The summed E-state index contributed by atoms with van der Waals surface area (Å²) in [7, 11) is 0. The number of nitrogens with zero attached hydrogens (tertiary/aromatic N) is 2. The fourth-order valence-corrected chi connectivity index (χ4v) is 5.20. The maximum Gasteiger partial charge on any atom is 0.0997 e. The van der Waals surface area contributed by atoms with Gasteiger partial charge in [-0.1, -0.05) is 96.9 Å². The Hall–Kier alpha value is -5.05. The van der Waals surface area contributed by atoms with Gasteiger partial charge < -0.3 is 4.90 Å². The first-order valence-corrected chi connectivity index (χ1v) is 12.7. The summed E-state index contributed by atoms with van der Waals surface area (Å²) >= 11 is 0. The van der Waals surface area contributed by atoms with Crippen LogP contribution in [-0.4, -0.2) is 0 Å². The maximum atomic E-state index is 9.89. The fourth-order valence-electron chi connectivity index (χ4n) is 5.20. The second kappa shape index (κ2) is 11.3. The molecule has 182 valence electrons. The number of terminal acetylenes is 1. The highest BCUT2D eigenvalue weighted by Gasteiger charge is 2.30. The smallest absolute Gasteiger partial charge is 0.0997 e. The summed E-state index contributed by atoms with van der Waals surface area (Å²) in [5.74, 6) is 2.72. The molecule has 4 aromatic rings. The summed E-state index contributed by atoms with van der Waals surface area (Å²) in [6, 6.07) is 40.0. The Kier molecular flexibility index (Phi) is 7.35. The lowest BCUT2D eigenvalue weighted by atomic mass is 9.71. The predicted molar refractivity (Wildman–Crippen MR) is 159 cm³/mol. The Morgan fingerprint density at radius 1 is 0.711 bits per heavy atom. The monoisotopic (exact) mass is 488 g/mol. The number of hydrogen-bond donors (Lipinski definition) is 0. The zero-order valence-electron chi connectivity index (χ0n) is 21.3. The molecule has 1 aliphatic carbocycles. The number of nitriles is 1. The van der Waals surface area contributed by atoms with Gasteiger partial charge in [-0.25, -0.2) is 0 Å². The van der Waals surface area contributed by atoms with E-state index in [1.165, 1.54) is 0 Å². The molecule has 0 heterocycles. The molecular formula is C36H28N2. The molecule has 38 heavy (non-hydrogen) atoms. The van der Waals surface area contributed by atoms with Crippen LogP contribution >= 0.6 is 0 Å². The lowest BCUT2D eigenvalue weighted by molar-refractivity contribution is 0.661. The number of anilines is 3. The number of allylic oxidation sites excluding steroid dienone is 5. The Bertz CT molecular complexity index is 1540. The molecule has 5 rings (SSSR count). The van der Waals surface area contributed by atoms with E-state index in [1.807, 2.05) is 43.3 Å². The minimum absolute atomic E-state index is 0.0257. The van der Waals surface area contributed by atoms with Crippen molar-refractivity contribution in [1.29, 1.82) is 5.26 Å². The minimum Gasteiger partial charge on any atom is -0.311 e. The Labute approximate surface area is 225 Å². The van der Waals surface area contributed by atoms with Gasteiger partial charge in [0.2, 0.25) is 0 Å². The van der Waals surface area contributed by atoms with E-state index in [4.69, 9.17) is 6.42 Å². The molecule has 0 N–H and O–H groups in total. The average molecular weight is 489 g/mol. The van der Waals surface area contributed by atoms with E-state index in [2.05, 4.69) is 108 Å². The van der Waals surface area contributed by atoms with E-state index < -0.39 is 0 Å². The van der Waals surface area contributed by atoms with E-state index in [-0.39, 0.29) is 11.8 Å². The van der Waals surface area contributed by atoms with Crippen LogP contribution in [0.4, 0.5) is 17.1 Å². The molecule has 2 unspecified atom stereocenters. The third-order valence-electron chi connectivity index (χ3n) is 7.06. The second-order valence-electron chi connectivity index (χ2n) is 9.29. The summed E-state index contributed by atoms with van der Waals surface area (Å²) < 4.78 is 0. The minimum atomic E-state index is 0.0257. The first kappa shape index (κ1) is 24.6. The summed E-state index contributed by atoms with van der Waals surface area (Å²) in [5, 5.41) is 9.89. The van der Waals surface area contributed by atoms with Crippen molar-refractivity contribution in [1.82, 2.24) is 0 Å². The van der Waals surface area contributed by atoms with Crippen LogP contribution in [0, 0.1) is 29.6 Å². The van der Waals surface area contributed by atoms with Crippen LogP contribution in [-0.2, 0) is 0 Å². The normalized spacial score (nSPS) is 16.7. The first-order valence-electron chi connectivity index (χ1n) is 12.7. The standard InChI is InChI=1S/C36H28N2/c1-3-4-17-32-27(2)36(26-37)34-19-12-11-18-33(34)35(32)25-22-28-20-23-31(24-21-28)38(29-13-7-5-8-14-29)30-15-9-6-10-16-30/h1,4-25,32,35H,2H3/b17-4-,25-22?. The van der Waals surface area contributed by atoms with Crippen LogP contribution in [0.5, 0.6) is 0 Å². The van der Waals surface area contributed by atoms with Gasteiger partial charge in [-0.05, 0) is 71.7 Å². The van der Waals surface area contributed by atoms with Crippen molar-refractivity contribution < 1.29 is 0 Å². The van der Waals surface area contributed by atoms with Gasteiger partial charge in [0, 0.05) is 28.9 Å². The molecule has 0 saturated heterocycles. The topological polar surface area (TPSA) is 27.0 Å². The van der Waals surface area contributed by atoms with Crippen LogP contribution < -0.4 is 4.90 Å². The van der Waals surface area contributed by atoms with Crippen LogP contribution in [0.2, 0.25) is 0 Å². The van der Waals surface area contributed by atoms with Crippen molar-refractivity contribution >= 4 is 28.7 Å². The van der Waals surface area contributed by atoms with Crippen molar-refractivity contribution in [3.05, 3.63) is 150 Å². The molecule has 2 nitrogen and oxygen atoms in total. The third kappa shape index (κ3) is 4.94. The number of hydrogen-bond acceptors (Lipinski definition) is 2. The lowest BCUT2D eigenvalue weighted by Crippen LogP contribution is -2.18. The zero-order chi connectivity index (χ0) is 26.3. The molecular weight excluding hydrogens is 460 g/mol. The zero-order valence-corrected chi connectivity index (χ0v) is 21.3. The van der Waals surface area contributed by atoms with Gasteiger partial charge in [0.15, 0.2) is 0 Å². The van der Waals surface area contributed by atoms with Crippen molar-refractivity contribution in [3.8, 4) is 18.4 Å². The molecule has 0 fully saturated rings. The molecule has 0 spiro atoms. The number of para-hydroxylation sites is 2. The predicted octanol–water partition coefficient (Wildman–Crippen LogP) is 9.07. The van der Waals surface area contributed by atoms with Crippen LogP contribution in [0.3, 0.4) is 0 Å². The quantitative estimate of drug-likeness (QED) is 0.253. The van der Waals surface area contributed by atoms with Gasteiger partial charge in [0.1, 0.15) is 0 Å². The Balaban J connectivity index is 1.49. The summed E-state index contributed by atoms with van der Waals surface area (Å²) in [6.45, 7) is 2.04. The number of benzene rings is 4. The SMILES string of the molecule is C#C/C=C\C1C(C)=C(C#N)c2ccccc2C1C=Cc1ccc(N(c2ccccc2)c2ccccc2)cc1. The van der Waals surface area contributed by atoms with Gasteiger partial charge in [-0.3, -0.25) is 0 Å². The van der Waals surface area contributed by atoms with Crippen LogP contribution in [0.15, 0.2) is 133 Å². The summed E-state index contributed by atoms with van der Waals surface area (Å²) in [4.78, 5) is 2.25. The molecule has 0 radical (unpaired) electrons. The Morgan fingerprint density at radius 2 is 1.29 bits per heavy atom. The van der Waals surface area contributed by atoms with Gasteiger partial charge in [-0.15, -0.1) is 6.42 Å². The first-order chi connectivity index (χ1) is 18.7. The highest BCUT2D eigenvalue weighted by atomic mass is 15.1. The van der Waals surface area contributed by atoms with Crippen LogP contribution in [0.1, 0.15) is 29.5 Å². The molecule has 0 bridgehead atoms. The third-order valence-corrected chi connectivity index (χ3v) is 7.06. The molecule has 2 atom stereocenters. The van der Waals surface area contributed by atoms with E-state index in [1.54, 1.807) is 6.08 Å². The summed E-state index contributed by atoms with van der Waals surface area (Å²) in [5.41, 5.74) is 8.36. The molecule has 4 aromatic carbocycles. The number of rotatable bonds is 6. The maximum absolute atomic E-state index is 9.89. The van der Waals surface area contributed by atoms with E-state index in [9.17, 15) is 5.26 Å². The Morgan fingerprint density at radius 3 is 1.89 bits per heavy atom. The fraction of sp³-hybridized carbons (Fsp3) is 0.0833. The highest BCUT2D eigenvalue weighted by Crippen LogP contribution is 2.44. The van der Waals surface area contributed by atoms with Crippen molar-refractivity contribution in [2.45, 2.75) is 12.8 Å². The van der Waals surface area contributed by atoms with Gasteiger partial charge in [0.05, 0.1) is 11.6 Å². The van der Waals surface area contributed by atoms with E-state index in [0.717, 1.165) is 44.9 Å². The lowest BCUT2D eigenvalue weighted by Gasteiger charge is -2.31. The van der Waals surface area contributed by atoms with Crippen molar-refractivity contribution in [2.75, 3.05) is 4.90 Å². The molecule has 0 amide bonds. The van der Waals surface area contributed by atoms with E-state index >= 15 is 0 Å². The molecule has 2 heteroatoms. The van der Waals surface area contributed by atoms with Crippen molar-refractivity contribution in [3.63, 3.8) is 0 Å². The van der Waals surface area contributed by atoms with Gasteiger partial charge in [0.25, 0.3) is 0 Å². The van der Waals surface area contributed by atoms with Gasteiger partial charge in [-0.2, -0.15) is 5.26 Å². The average Bonchev–Trinajstić information content (AvgIpc) is 2.97. The van der Waals surface area contributed by atoms with Crippen molar-refractivity contribution in [2.24, 2.45) is 5.92 Å². The number of fused-ring (bicyclic) bond motifs is 1. The summed E-state index contributed by atoms with van der Waals surface area (Å²) in [6.07, 6.45) is 13.7. The van der Waals surface area contributed by atoms with Gasteiger partial charge >= 0.3 is 0 Å². The van der Waals surface area contributed by atoms with Crippen LogP contribution in [0.25, 0.3) is 11.6 Å². The molecule has 0 saturated carbocycles. The van der Waals surface area contributed by atoms with E-state index in [0.29, 0.717) is 0 Å². The molecule has 0 aromatic heterocycles. The second-order valence-corrected chi connectivity index (χ2v) is 9.29.